The van der Waals surface area contributed by atoms with Crippen LogP contribution in [-0.4, -0.2) is 40.4 Å². The Morgan fingerprint density at radius 1 is 1.30 bits per heavy atom. The minimum Gasteiger partial charge on any atom is -0.292 e. The van der Waals surface area contributed by atoms with E-state index in [4.69, 9.17) is 16.8 Å². The van der Waals surface area contributed by atoms with E-state index in [0.29, 0.717) is 9.23 Å². The number of rotatable bonds is 4. The van der Waals surface area contributed by atoms with Gasteiger partial charge in [-0.15, -0.1) is 0 Å². The third-order valence-electron chi connectivity index (χ3n) is 2.54. The average Bonchev–Trinajstić information content (AvgIpc) is 2.63. The summed E-state index contributed by atoms with van der Waals surface area (Å²) in [6.07, 6.45) is 1.70. The zero-order chi connectivity index (χ0) is 14.8. The summed E-state index contributed by atoms with van der Waals surface area (Å²) < 4.78 is 30.5. The Bertz CT molecular complexity index is 667. The molecule has 1 aliphatic rings. The summed E-state index contributed by atoms with van der Waals surface area (Å²) in [4.78, 5) is 13.7. The third-order valence-corrected chi connectivity index (χ3v) is 4.62. The summed E-state index contributed by atoms with van der Waals surface area (Å²) in [5.41, 5.74) is 0.864. The number of benzene rings is 1. The third kappa shape index (κ3) is 3.89. The molecule has 0 saturated carbocycles. The molecular formula is C12H11NO4S3. The molecule has 1 aromatic carbocycles. The number of carbonyl (C=O) groups excluding carboxylic acids is 1. The molecule has 1 fully saturated rings. The highest BCUT2D eigenvalue weighted by Gasteiger charge is 2.32. The lowest BCUT2D eigenvalue weighted by atomic mass is 10.2. The summed E-state index contributed by atoms with van der Waals surface area (Å²) in [5, 5.41) is 0. The average molecular weight is 329 g/mol. The molecule has 0 aromatic heterocycles. The summed E-state index contributed by atoms with van der Waals surface area (Å²) in [6.45, 7) is -0.143. The number of nitrogens with zero attached hydrogens (tertiary/aromatic N) is 1. The van der Waals surface area contributed by atoms with Crippen LogP contribution in [0, 0.1) is 0 Å². The first-order valence-electron chi connectivity index (χ1n) is 5.62. The van der Waals surface area contributed by atoms with Gasteiger partial charge in [0.25, 0.3) is 16.0 Å². The number of amides is 1. The number of thiocarbonyl (C=S) groups is 1. The Hall–Kier alpha value is -1.22. The fraction of sp³-hybridized carbons (Fsp3) is 0.167. The molecule has 0 aliphatic carbocycles. The van der Waals surface area contributed by atoms with Crippen LogP contribution in [0.5, 0.6) is 0 Å². The fourth-order valence-corrected chi connectivity index (χ4v) is 3.32. The van der Waals surface area contributed by atoms with E-state index < -0.39 is 15.9 Å². The molecule has 106 valence electrons. The Morgan fingerprint density at radius 3 is 2.55 bits per heavy atom. The van der Waals surface area contributed by atoms with E-state index in [9.17, 15) is 13.2 Å². The lowest BCUT2D eigenvalue weighted by molar-refractivity contribution is -0.121. The number of hydrogen-bond acceptors (Lipinski definition) is 5. The van der Waals surface area contributed by atoms with Crippen LogP contribution in [-0.2, 0) is 14.9 Å². The van der Waals surface area contributed by atoms with Crippen LogP contribution in [0.1, 0.15) is 5.56 Å². The van der Waals surface area contributed by atoms with Gasteiger partial charge in [-0.1, -0.05) is 54.3 Å². The normalized spacial score (nSPS) is 18.1. The van der Waals surface area contributed by atoms with E-state index >= 15 is 0 Å². The molecule has 0 radical (unpaired) electrons. The van der Waals surface area contributed by atoms with Gasteiger partial charge in [0, 0.05) is 6.54 Å². The molecular weight excluding hydrogens is 318 g/mol. The monoisotopic (exact) mass is 329 g/mol. The lowest BCUT2D eigenvalue weighted by Gasteiger charge is -2.12. The van der Waals surface area contributed by atoms with Gasteiger partial charge in [-0.05, 0) is 11.6 Å². The van der Waals surface area contributed by atoms with Gasteiger partial charge < -0.3 is 0 Å². The van der Waals surface area contributed by atoms with E-state index in [1.54, 1.807) is 6.08 Å². The van der Waals surface area contributed by atoms with Crippen molar-refractivity contribution in [2.75, 3.05) is 12.3 Å². The highest BCUT2D eigenvalue weighted by atomic mass is 32.2. The molecule has 5 nitrogen and oxygen atoms in total. The largest absolute Gasteiger partial charge is 0.292 e. The topological polar surface area (TPSA) is 74.7 Å². The predicted octanol–water partition coefficient (Wildman–Crippen LogP) is 1.78. The molecule has 1 saturated heterocycles. The van der Waals surface area contributed by atoms with Crippen molar-refractivity contribution in [1.29, 1.82) is 0 Å². The Balaban J connectivity index is 2.15. The van der Waals surface area contributed by atoms with Crippen LogP contribution >= 0.6 is 24.0 Å². The molecule has 1 heterocycles. The van der Waals surface area contributed by atoms with Crippen molar-refractivity contribution >= 4 is 50.4 Å². The minimum atomic E-state index is -4.12. The second-order valence-corrected chi connectivity index (χ2v) is 7.28. The molecule has 1 N–H and O–H groups in total. The van der Waals surface area contributed by atoms with Crippen molar-refractivity contribution in [3.63, 3.8) is 0 Å². The van der Waals surface area contributed by atoms with Gasteiger partial charge in [0.15, 0.2) is 0 Å². The van der Waals surface area contributed by atoms with Crippen molar-refractivity contribution in [2.45, 2.75) is 0 Å². The van der Waals surface area contributed by atoms with Crippen LogP contribution < -0.4 is 0 Å². The second kappa shape index (κ2) is 6.04. The van der Waals surface area contributed by atoms with Gasteiger partial charge in [-0.3, -0.25) is 14.2 Å². The van der Waals surface area contributed by atoms with Crippen molar-refractivity contribution in [3.05, 3.63) is 40.8 Å². The Morgan fingerprint density at radius 2 is 1.95 bits per heavy atom. The summed E-state index contributed by atoms with van der Waals surface area (Å²) in [6, 6.07) is 9.28. The SMILES string of the molecule is O=C1/C(=C/c2ccccc2)SC(=S)N1CCS(=O)(=O)O. The first-order chi connectivity index (χ1) is 9.37. The maximum absolute atomic E-state index is 12.1. The zero-order valence-electron chi connectivity index (χ0n) is 10.2. The Kier molecular flexibility index (Phi) is 4.59. The maximum atomic E-state index is 12.1. The van der Waals surface area contributed by atoms with Crippen LogP contribution in [0.3, 0.4) is 0 Å². The van der Waals surface area contributed by atoms with Crippen LogP contribution in [0.4, 0.5) is 0 Å². The molecule has 1 aliphatic heterocycles. The van der Waals surface area contributed by atoms with E-state index in [0.717, 1.165) is 17.3 Å². The fourth-order valence-electron chi connectivity index (χ4n) is 1.60. The predicted molar refractivity (Wildman–Crippen MR) is 82.7 cm³/mol. The first kappa shape index (κ1) is 15.2. The molecule has 8 heteroatoms. The van der Waals surface area contributed by atoms with Crippen LogP contribution in [0.15, 0.2) is 35.2 Å². The summed E-state index contributed by atoms with van der Waals surface area (Å²) in [5.74, 6) is -0.870. The van der Waals surface area contributed by atoms with Gasteiger partial charge in [-0.25, -0.2) is 0 Å². The maximum Gasteiger partial charge on any atom is 0.266 e. The van der Waals surface area contributed by atoms with Gasteiger partial charge in [0.05, 0.1) is 10.7 Å². The number of carbonyl (C=O) groups is 1. The molecule has 0 atom stereocenters. The molecule has 0 bridgehead atoms. The number of thioether (sulfide) groups is 1. The van der Waals surface area contributed by atoms with Crippen LogP contribution in [0.2, 0.25) is 0 Å². The molecule has 1 aromatic rings. The van der Waals surface area contributed by atoms with E-state index in [2.05, 4.69) is 0 Å². The smallest absolute Gasteiger partial charge is 0.266 e. The van der Waals surface area contributed by atoms with Crippen molar-refractivity contribution in [2.24, 2.45) is 0 Å². The summed E-state index contributed by atoms with van der Waals surface area (Å²) >= 11 is 6.17. The van der Waals surface area contributed by atoms with E-state index in [1.807, 2.05) is 30.3 Å². The quantitative estimate of drug-likeness (QED) is 0.515. The van der Waals surface area contributed by atoms with E-state index in [-0.39, 0.29) is 12.5 Å². The highest BCUT2D eigenvalue weighted by molar-refractivity contribution is 8.26. The van der Waals surface area contributed by atoms with Crippen molar-refractivity contribution in [1.82, 2.24) is 4.90 Å². The van der Waals surface area contributed by atoms with Gasteiger partial charge in [0.2, 0.25) is 0 Å². The Labute approximate surface area is 126 Å². The molecule has 0 spiro atoms. The second-order valence-electron chi connectivity index (χ2n) is 4.03. The highest BCUT2D eigenvalue weighted by Crippen LogP contribution is 2.32. The minimum absolute atomic E-state index is 0.143. The number of hydrogen-bond donors (Lipinski definition) is 1. The van der Waals surface area contributed by atoms with Crippen molar-refractivity contribution < 1.29 is 17.8 Å². The van der Waals surface area contributed by atoms with Gasteiger partial charge >= 0.3 is 0 Å². The zero-order valence-corrected chi connectivity index (χ0v) is 12.7. The first-order valence-corrected chi connectivity index (χ1v) is 8.46. The van der Waals surface area contributed by atoms with E-state index in [1.165, 1.54) is 4.90 Å². The lowest BCUT2D eigenvalue weighted by Crippen LogP contribution is -2.32. The summed E-state index contributed by atoms with van der Waals surface area (Å²) in [7, 11) is -4.12. The van der Waals surface area contributed by atoms with Crippen LogP contribution in [0.25, 0.3) is 6.08 Å². The molecule has 0 unspecified atom stereocenters. The standard InChI is InChI=1S/C12H11NO4S3/c14-11-10(8-9-4-2-1-3-5-9)19-12(18)13(11)6-7-20(15,16)17/h1-5,8H,6-7H2,(H,15,16,17)/b10-8-. The van der Waals surface area contributed by atoms with Gasteiger partial charge in [0.1, 0.15) is 4.32 Å². The molecule has 20 heavy (non-hydrogen) atoms. The van der Waals surface area contributed by atoms with Gasteiger partial charge in [-0.2, -0.15) is 8.42 Å². The molecule has 2 rings (SSSR count). The molecule has 1 amide bonds. The van der Waals surface area contributed by atoms with Crippen molar-refractivity contribution in [3.8, 4) is 0 Å².